The zero-order chi connectivity index (χ0) is 13.6. The SMILES string of the molecule is CC1(C)CC(=O)c2cnn(-c3ccccc3)c2[C@@H]1N. The Labute approximate surface area is 112 Å². The highest BCUT2D eigenvalue weighted by molar-refractivity contribution is 5.99. The maximum absolute atomic E-state index is 12.2. The molecule has 4 nitrogen and oxygen atoms in total. The third-order valence-electron chi connectivity index (χ3n) is 3.86. The van der Waals surface area contributed by atoms with Gasteiger partial charge in [-0.25, -0.2) is 4.68 Å². The number of nitrogens with two attached hydrogens (primary N) is 1. The summed E-state index contributed by atoms with van der Waals surface area (Å²) < 4.78 is 1.79. The highest BCUT2D eigenvalue weighted by Gasteiger charge is 2.40. The van der Waals surface area contributed by atoms with Crippen molar-refractivity contribution >= 4 is 5.78 Å². The summed E-state index contributed by atoms with van der Waals surface area (Å²) in [5.74, 6) is 0.129. The van der Waals surface area contributed by atoms with E-state index in [9.17, 15) is 4.79 Å². The number of aromatic nitrogens is 2. The molecule has 2 aromatic rings. The monoisotopic (exact) mass is 255 g/mol. The van der Waals surface area contributed by atoms with Crippen molar-refractivity contribution in [2.75, 3.05) is 0 Å². The number of fused-ring (bicyclic) bond motifs is 1. The number of carbonyl (C=O) groups is 1. The maximum Gasteiger partial charge on any atom is 0.166 e. The van der Waals surface area contributed by atoms with E-state index < -0.39 is 0 Å². The summed E-state index contributed by atoms with van der Waals surface area (Å²) in [6.07, 6.45) is 2.11. The summed E-state index contributed by atoms with van der Waals surface area (Å²) in [6, 6.07) is 9.59. The van der Waals surface area contributed by atoms with Gasteiger partial charge < -0.3 is 5.73 Å². The second-order valence-corrected chi connectivity index (χ2v) is 5.76. The van der Waals surface area contributed by atoms with E-state index in [1.807, 2.05) is 44.2 Å². The van der Waals surface area contributed by atoms with E-state index in [4.69, 9.17) is 5.73 Å². The fourth-order valence-corrected chi connectivity index (χ4v) is 2.64. The van der Waals surface area contributed by atoms with E-state index in [1.54, 1.807) is 10.9 Å². The van der Waals surface area contributed by atoms with Crippen molar-refractivity contribution in [3.05, 3.63) is 47.8 Å². The van der Waals surface area contributed by atoms with E-state index in [0.29, 0.717) is 12.0 Å². The fourth-order valence-electron chi connectivity index (χ4n) is 2.64. The van der Waals surface area contributed by atoms with E-state index in [2.05, 4.69) is 5.10 Å². The van der Waals surface area contributed by atoms with Crippen LogP contribution in [0.4, 0.5) is 0 Å². The van der Waals surface area contributed by atoms with Crippen LogP contribution in [0.3, 0.4) is 0 Å². The molecule has 3 rings (SSSR count). The first kappa shape index (κ1) is 12.1. The Morgan fingerprint density at radius 2 is 2.00 bits per heavy atom. The van der Waals surface area contributed by atoms with Crippen LogP contribution in [0.25, 0.3) is 5.69 Å². The molecule has 0 aliphatic heterocycles. The van der Waals surface area contributed by atoms with Crippen LogP contribution in [0.1, 0.15) is 42.4 Å². The number of nitrogens with zero attached hydrogens (tertiary/aromatic N) is 2. The molecule has 0 saturated heterocycles. The average molecular weight is 255 g/mol. The van der Waals surface area contributed by atoms with Crippen molar-refractivity contribution < 1.29 is 4.79 Å². The molecule has 1 aromatic carbocycles. The van der Waals surface area contributed by atoms with Crippen LogP contribution in [0.5, 0.6) is 0 Å². The third-order valence-corrected chi connectivity index (χ3v) is 3.86. The van der Waals surface area contributed by atoms with Crippen LogP contribution >= 0.6 is 0 Å². The summed E-state index contributed by atoms with van der Waals surface area (Å²) in [4.78, 5) is 12.2. The zero-order valence-corrected chi connectivity index (χ0v) is 11.1. The maximum atomic E-state index is 12.2. The molecule has 19 heavy (non-hydrogen) atoms. The average Bonchev–Trinajstić information content (AvgIpc) is 2.82. The number of carbonyl (C=O) groups excluding carboxylic acids is 1. The smallest absolute Gasteiger partial charge is 0.166 e. The molecule has 2 N–H and O–H groups in total. The molecule has 0 saturated carbocycles. The highest BCUT2D eigenvalue weighted by atomic mass is 16.1. The van der Waals surface area contributed by atoms with Gasteiger partial charge in [-0.3, -0.25) is 4.79 Å². The number of ketones is 1. The van der Waals surface area contributed by atoms with Gasteiger partial charge in [0.2, 0.25) is 0 Å². The zero-order valence-electron chi connectivity index (χ0n) is 11.1. The topological polar surface area (TPSA) is 60.9 Å². The van der Waals surface area contributed by atoms with Gasteiger partial charge in [0.25, 0.3) is 0 Å². The Morgan fingerprint density at radius 1 is 1.32 bits per heavy atom. The van der Waals surface area contributed by atoms with E-state index in [0.717, 1.165) is 11.4 Å². The first-order valence-corrected chi connectivity index (χ1v) is 6.43. The number of para-hydroxylation sites is 1. The van der Waals surface area contributed by atoms with Gasteiger partial charge in [0.1, 0.15) is 0 Å². The van der Waals surface area contributed by atoms with Crippen LogP contribution in [0, 0.1) is 5.41 Å². The Balaban J connectivity index is 2.20. The van der Waals surface area contributed by atoms with Crippen molar-refractivity contribution in [1.82, 2.24) is 9.78 Å². The number of hydrogen-bond acceptors (Lipinski definition) is 3. The third kappa shape index (κ3) is 1.79. The van der Waals surface area contributed by atoms with Gasteiger partial charge in [0.05, 0.1) is 29.2 Å². The van der Waals surface area contributed by atoms with Crippen molar-refractivity contribution in [2.45, 2.75) is 26.3 Å². The van der Waals surface area contributed by atoms with Gasteiger partial charge >= 0.3 is 0 Å². The molecule has 0 bridgehead atoms. The molecule has 0 fully saturated rings. The van der Waals surface area contributed by atoms with Gasteiger partial charge in [-0.1, -0.05) is 32.0 Å². The van der Waals surface area contributed by atoms with Crippen LogP contribution in [0.2, 0.25) is 0 Å². The highest BCUT2D eigenvalue weighted by Crippen LogP contribution is 2.42. The minimum atomic E-state index is -0.239. The molecule has 1 heterocycles. The van der Waals surface area contributed by atoms with Crippen LogP contribution in [0.15, 0.2) is 36.5 Å². The molecule has 0 radical (unpaired) electrons. The van der Waals surface area contributed by atoms with E-state index in [1.165, 1.54) is 0 Å². The first-order chi connectivity index (χ1) is 9.00. The van der Waals surface area contributed by atoms with Crippen LogP contribution in [-0.4, -0.2) is 15.6 Å². The molecule has 0 spiro atoms. The quantitative estimate of drug-likeness (QED) is 0.851. The van der Waals surface area contributed by atoms with Gasteiger partial charge in [0.15, 0.2) is 5.78 Å². The van der Waals surface area contributed by atoms with E-state index in [-0.39, 0.29) is 17.2 Å². The summed E-state index contributed by atoms with van der Waals surface area (Å²) >= 11 is 0. The predicted molar refractivity (Wildman–Crippen MR) is 73.2 cm³/mol. The van der Waals surface area contributed by atoms with Crippen molar-refractivity contribution in [3.63, 3.8) is 0 Å². The molecular weight excluding hydrogens is 238 g/mol. The molecule has 0 unspecified atom stereocenters. The van der Waals surface area contributed by atoms with Gasteiger partial charge in [-0.05, 0) is 17.5 Å². The molecule has 1 atom stereocenters. The van der Waals surface area contributed by atoms with Crippen molar-refractivity contribution in [1.29, 1.82) is 0 Å². The summed E-state index contributed by atoms with van der Waals surface area (Å²) in [6.45, 7) is 4.06. The lowest BCUT2D eigenvalue weighted by Crippen LogP contribution is -2.38. The molecule has 0 amide bonds. The molecular formula is C15H17N3O. The number of Topliss-reactive ketones (excluding diaryl/α,β-unsaturated/α-hetero) is 1. The number of hydrogen-bond donors (Lipinski definition) is 1. The van der Waals surface area contributed by atoms with Crippen molar-refractivity contribution in [2.24, 2.45) is 11.1 Å². The van der Waals surface area contributed by atoms with Gasteiger partial charge in [-0.15, -0.1) is 0 Å². The first-order valence-electron chi connectivity index (χ1n) is 6.43. The minimum Gasteiger partial charge on any atom is -0.322 e. The lowest BCUT2D eigenvalue weighted by atomic mass is 9.72. The molecule has 1 aliphatic rings. The summed E-state index contributed by atoms with van der Waals surface area (Å²) in [5, 5.41) is 4.35. The number of rotatable bonds is 1. The Hall–Kier alpha value is -1.94. The standard InChI is InChI=1S/C15H17N3O/c1-15(2)8-12(19)11-9-17-18(13(11)14(15)16)10-6-4-3-5-7-10/h3-7,9,14H,8,16H2,1-2H3/t14-/m0/s1. The normalized spacial score (nSPS) is 21.2. The largest absolute Gasteiger partial charge is 0.322 e. The molecule has 1 aromatic heterocycles. The van der Waals surface area contributed by atoms with Gasteiger partial charge in [0, 0.05) is 6.42 Å². The lowest BCUT2D eigenvalue weighted by Gasteiger charge is -2.35. The lowest BCUT2D eigenvalue weighted by molar-refractivity contribution is 0.0882. The van der Waals surface area contributed by atoms with Crippen LogP contribution < -0.4 is 5.73 Å². The Kier molecular flexibility index (Phi) is 2.57. The second-order valence-electron chi connectivity index (χ2n) is 5.76. The van der Waals surface area contributed by atoms with E-state index >= 15 is 0 Å². The summed E-state index contributed by atoms with van der Waals surface area (Å²) in [5.41, 5.74) is 8.54. The van der Waals surface area contributed by atoms with Crippen LogP contribution in [-0.2, 0) is 0 Å². The molecule has 4 heteroatoms. The predicted octanol–water partition coefficient (Wildman–Crippen LogP) is 2.48. The minimum absolute atomic E-state index is 0.129. The second kappa shape index (κ2) is 4.03. The molecule has 1 aliphatic carbocycles. The van der Waals surface area contributed by atoms with Crippen molar-refractivity contribution in [3.8, 4) is 5.69 Å². The summed E-state index contributed by atoms with van der Waals surface area (Å²) in [7, 11) is 0. The Bertz CT molecular complexity index is 628. The fraction of sp³-hybridized carbons (Fsp3) is 0.333. The Morgan fingerprint density at radius 3 is 2.68 bits per heavy atom. The number of benzene rings is 1. The van der Waals surface area contributed by atoms with Gasteiger partial charge in [-0.2, -0.15) is 5.10 Å². The molecule has 98 valence electrons.